The van der Waals surface area contributed by atoms with Crippen LogP contribution in [0.15, 0.2) is 41.3 Å². The molecule has 94 valence electrons. The van der Waals surface area contributed by atoms with E-state index in [2.05, 4.69) is 15.0 Å². The summed E-state index contributed by atoms with van der Waals surface area (Å²) in [6.07, 6.45) is 1.70. The van der Waals surface area contributed by atoms with Gasteiger partial charge < -0.3 is 4.98 Å². The summed E-state index contributed by atoms with van der Waals surface area (Å²) in [7, 11) is 0. The number of halogens is 1. The molecule has 1 N–H and O–H groups in total. The Morgan fingerprint density at radius 3 is 2.89 bits per heavy atom. The summed E-state index contributed by atoms with van der Waals surface area (Å²) in [5.74, 6) is 0. The van der Waals surface area contributed by atoms with E-state index in [0.29, 0.717) is 0 Å². The van der Waals surface area contributed by atoms with Gasteiger partial charge in [-0.15, -0.1) is 0 Å². The quantitative estimate of drug-likeness (QED) is 0.692. The average Bonchev–Trinajstić information content (AvgIpc) is 2.41. The zero-order valence-corrected chi connectivity index (χ0v) is 10.9. The second kappa shape index (κ2) is 4.48. The van der Waals surface area contributed by atoms with Crippen LogP contribution in [-0.4, -0.2) is 15.0 Å². The van der Waals surface area contributed by atoms with Gasteiger partial charge in [-0.1, -0.05) is 6.07 Å². The van der Waals surface area contributed by atoms with Gasteiger partial charge in [0.05, 0.1) is 5.69 Å². The van der Waals surface area contributed by atoms with Gasteiger partial charge in [-0.25, -0.2) is 9.97 Å². The van der Waals surface area contributed by atoms with Gasteiger partial charge in [-0.2, -0.15) is 0 Å². The predicted octanol–water partition coefficient (Wildman–Crippen LogP) is 2.95. The molecule has 0 atom stereocenters. The van der Waals surface area contributed by atoms with Crippen LogP contribution < -0.4 is 5.56 Å². The summed E-state index contributed by atoms with van der Waals surface area (Å²) >= 11 is 5.84. The van der Waals surface area contributed by atoms with Crippen LogP contribution in [-0.2, 0) is 0 Å². The number of hydrogen-bond donors (Lipinski definition) is 1. The lowest BCUT2D eigenvalue weighted by atomic mass is 10.1. The molecule has 0 fully saturated rings. The lowest BCUT2D eigenvalue weighted by Gasteiger charge is -2.06. The first kappa shape index (κ1) is 11.9. The van der Waals surface area contributed by atoms with Crippen LogP contribution in [0.1, 0.15) is 5.56 Å². The van der Waals surface area contributed by atoms with Crippen LogP contribution in [0, 0.1) is 6.92 Å². The minimum atomic E-state index is -0.110. The van der Waals surface area contributed by atoms with Crippen LogP contribution in [0.5, 0.6) is 0 Å². The van der Waals surface area contributed by atoms with Gasteiger partial charge in [0.1, 0.15) is 0 Å². The summed E-state index contributed by atoms with van der Waals surface area (Å²) in [6.45, 7) is 1.93. The molecule has 0 bridgehead atoms. The van der Waals surface area contributed by atoms with Crippen LogP contribution in [0.4, 0.5) is 0 Å². The summed E-state index contributed by atoms with van der Waals surface area (Å²) in [4.78, 5) is 22.2. The molecule has 19 heavy (non-hydrogen) atoms. The summed E-state index contributed by atoms with van der Waals surface area (Å²) < 4.78 is 0. The maximum atomic E-state index is 11.2. The first-order chi connectivity index (χ1) is 9.13. The fraction of sp³-hybridized carbons (Fsp3) is 0.0714. The molecule has 3 rings (SSSR count). The number of aromatic nitrogens is 3. The Morgan fingerprint density at radius 1 is 1.21 bits per heavy atom. The van der Waals surface area contributed by atoms with Gasteiger partial charge in [0.15, 0.2) is 0 Å². The highest BCUT2D eigenvalue weighted by atomic mass is 35.5. The molecule has 0 saturated heterocycles. The van der Waals surface area contributed by atoms with Crippen molar-refractivity contribution in [3.8, 4) is 11.3 Å². The van der Waals surface area contributed by atoms with Gasteiger partial charge in [0.25, 0.3) is 0 Å². The number of aryl methyl sites for hydroxylation is 1. The highest BCUT2D eigenvalue weighted by molar-refractivity contribution is 6.28. The fourth-order valence-electron chi connectivity index (χ4n) is 2.01. The average molecular weight is 272 g/mol. The van der Waals surface area contributed by atoms with E-state index in [-0.39, 0.29) is 10.8 Å². The molecule has 0 aliphatic rings. The molecule has 2 aromatic heterocycles. The standard InChI is InChI=1S/C14H10ClN3O/c1-8-7-16-14(15)18-13(8)10-2-4-11-9(6-10)3-5-12(19)17-11/h2-7H,1H3,(H,17,19). The SMILES string of the molecule is Cc1cnc(Cl)nc1-c1ccc2[nH]c(=O)ccc2c1. The van der Waals surface area contributed by atoms with Crippen LogP contribution in [0.3, 0.4) is 0 Å². The second-order valence-corrected chi connectivity index (χ2v) is 4.63. The third-order valence-corrected chi connectivity index (χ3v) is 3.12. The summed E-state index contributed by atoms with van der Waals surface area (Å²) in [6, 6.07) is 9.03. The minimum Gasteiger partial charge on any atom is -0.322 e. The number of aromatic amines is 1. The molecule has 4 nitrogen and oxygen atoms in total. The molecule has 0 saturated carbocycles. The van der Waals surface area contributed by atoms with E-state index in [1.165, 1.54) is 6.07 Å². The molecule has 2 heterocycles. The Bertz CT molecular complexity index is 826. The van der Waals surface area contributed by atoms with Crippen molar-refractivity contribution in [1.29, 1.82) is 0 Å². The third-order valence-electron chi connectivity index (χ3n) is 2.94. The number of benzene rings is 1. The highest BCUT2D eigenvalue weighted by Crippen LogP contribution is 2.24. The first-order valence-corrected chi connectivity index (χ1v) is 6.14. The van der Waals surface area contributed by atoms with Crippen LogP contribution in [0.25, 0.3) is 22.2 Å². The van der Waals surface area contributed by atoms with Crippen molar-refractivity contribution in [1.82, 2.24) is 15.0 Å². The number of nitrogens with zero attached hydrogens (tertiary/aromatic N) is 2. The second-order valence-electron chi connectivity index (χ2n) is 4.30. The number of H-pyrrole nitrogens is 1. The Morgan fingerprint density at radius 2 is 2.05 bits per heavy atom. The van der Waals surface area contributed by atoms with E-state index in [1.54, 1.807) is 12.3 Å². The maximum Gasteiger partial charge on any atom is 0.248 e. The summed E-state index contributed by atoms with van der Waals surface area (Å²) in [5, 5.41) is 1.17. The van der Waals surface area contributed by atoms with E-state index in [0.717, 1.165) is 27.7 Å². The van der Waals surface area contributed by atoms with E-state index in [4.69, 9.17) is 11.6 Å². The van der Waals surface area contributed by atoms with Gasteiger partial charge >= 0.3 is 0 Å². The van der Waals surface area contributed by atoms with E-state index in [9.17, 15) is 4.79 Å². The van der Waals surface area contributed by atoms with Crippen molar-refractivity contribution >= 4 is 22.5 Å². The van der Waals surface area contributed by atoms with Crippen molar-refractivity contribution in [2.75, 3.05) is 0 Å². The van der Waals surface area contributed by atoms with Crippen molar-refractivity contribution in [2.45, 2.75) is 6.92 Å². The van der Waals surface area contributed by atoms with Gasteiger partial charge in [-0.05, 0) is 47.7 Å². The van der Waals surface area contributed by atoms with Crippen LogP contribution in [0.2, 0.25) is 5.28 Å². The molecule has 0 unspecified atom stereocenters. The molecule has 0 spiro atoms. The molecule has 0 amide bonds. The Kier molecular flexibility index (Phi) is 2.80. The van der Waals surface area contributed by atoms with Crippen molar-refractivity contribution in [2.24, 2.45) is 0 Å². The zero-order chi connectivity index (χ0) is 13.4. The van der Waals surface area contributed by atoms with Gasteiger partial charge in [0.2, 0.25) is 10.8 Å². The largest absolute Gasteiger partial charge is 0.322 e. The summed E-state index contributed by atoms with van der Waals surface area (Å²) in [5.41, 5.74) is 3.39. The Balaban J connectivity index is 2.23. The molecule has 0 radical (unpaired) electrons. The zero-order valence-electron chi connectivity index (χ0n) is 10.1. The van der Waals surface area contributed by atoms with E-state index < -0.39 is 0 Å². The smallest absolute Gasteiger partial charge is 0.248 e. The molecular formula is C14H10ClN3O. The molecule has 5 heteroatoms. The fourth-order valence-corrected chi connectivity index (χ4v) is 2.15. The Labute approximate surface area is 114 Å². The molecule has 0 aliphatic carbocycles. The van der Waals surface area contributed by atoms with Gasteiger partial charge in [0, 0.05) is 23.3 Å². The molecule has 3 aromatic rings. The topological polar surface area (TPSA) is 58.6 Å². The van der Waals surface area contributed by atoms with Gasteiger partial charge in [-0.3, -0.25) is 4.79 Å². The van der Waals surface area contributed by atoms with Crippen LogP contribution >= 0.6 is 11.6 Å². The maximum absolute atomic E-state index is 11.2. The van der Waals surface area contributed by atoms with E-state index >= 15 is 0 Å². The van der Waals surface area contributed by atoms with E-state index in [1.807, 2.05) is 25.1 Å². The number of nitrogens with one attached hydrogen (secondary N) is 1. The minimum absolute atomic E-state index is 0.110. The number of pyridine rings is 1. The molecular weight excluding hydrogens is 262 g/mol. The number of fused-ring (bicyclic) bond motifs is 1. The number of rotatable bonds is 1. The van der Waals surface area contributed by atoms with Crippen molar-refractivity contribution in [3.05, 3.63) is 57.7 Å². The monoisotopic (exact) mass is 271 g/mol. The van der Waals surface area contributed by atoms with Crippen molar-refractivity contribution in [3.63, 3.8) is 0 Å². The predicted molar refractivity (Wildman–Crippen MR) is 75.3 cm³/mol. The Hall–Kier alpha value is -2.20. The molecule has 1 aromatic carbocycles. The lowest BCUT2D eigenvalue weighted by Crippen LogP contribution is -2.02. The third kappa shape index (κ3) is 2.22. The normalized spacial score (nSPS) is 10.8. The number of hydrogen-bond acceptors (Lipinski definition) is 3. The van der Waals surface area contributed by atoms with Crippen molar-refractivity contribution < 1.29 is 0 Å². The lowest BCUT2D eigenvalue weighted by molar-refractivity contribution is 1.13. The first-order valence-electron chi connectivity index (χ1n) is 5.76. The molecule has 0 aliphatic heterocycles. The highest BCUT2D eigenvalue weighted by Gasteiger charge is 2.06.